The molecule has 2 heterocycles. The molecule has 2 spiro atoms. The van der Waals surface area contributed by atoms with Gasteiger partial charge in [-0.2, -0.15) is 0 Å². The predicted molar refractivity (Wildman–Crippen MR) is 91.6 cm³/mol. The average Bonchev–Trinajstić information content (AvgIpc) is 2.58. The summed E-state index contributed by atoms with van der Waals surface area (Å²) in [6, 6.07) is 0. The van der Waals surface area contributed by atoms with Gasteiger partial charge in [0.25, 0.3) is 0 Å². The standard InChI is InChI=1S/C21H28O5/c1-9-10-4-5-11-19-8-26-21(25,20(11)14(10)13(9)16(20)23)17(24)15(19)18(2,3)7-6-12(19)22/h10-15,17,22,24-25H,1,4-8H2,2-3H3/t10-,11-,12-,13?,14-,15+,17-,19+,20+,21+/m0/s1. The number of aliphatic hydroxyl groups is 3. The lowest BCUT2D eigenvalue weighted by Crippen LogP contribution is -2.92. The second-order valence-corrected chi connectivity index (χ2v) is 10.6. The molecule has 10 atom stereocenters. The molecule has 3 N–H and O–H groups in total. The molecule has 2 saturated heterocycles. The van der Waals surface area contributed by atoms with Crippen LogP contribution in [0.5, 0.6) is 0 Å². The molecule has 142 valence electrons. The Hall–Kier alpha value is -0.750. The lowest BCUT2D eigenvalue weighted by atomic mass is 9.23. The molecule has 0 aromatic carbocycles. The number of ether oxygens (including phenoxy) is 1. The lowest BCUT2D eigenvalue weighted by Gasteiger charge is -2.83. The number of Topliss-reactive ketones (excluding diaryl/α,β-unsaturated/α-hetero) is 1. The van der Waals surface area contributed by atoms with Gasteiger partial charge in [0.2, 0.25) is 5.79 Å². The molecule has 5 heteroatoms. The molecule has 7 fully saturated rings. The van der Waals surface area contributed by atoms with E-state index in [2.05, 4.69) is 20.4 Å². The van der Waals surface area contributed by atoms with Gasteiger partial charge in [-0.05, 0) is 48.9 Å². The van der Waals surface area contributed by atoms with E-state index in [-0.39, 0.29) is 47.4 Å². The number of hydrogen-bond acceptors (Lipinski definition) is 5. The number of aliphatic hydroxyl groups excluding tert-OH is 2. The summed E-state index contributed by atoms with van der Waals surface area (Å²) >= 11 is 0. The molecule has 5 aliphatic carbocycles. The fourth-order valence-electron chi connectivity index (χ4n) is 8.98. The first kappa shape index (κ1) is 16.2. The molecule has 0 aromatic heterocycles. The van der Waals surface area contributed by atoms with Crippen LogP contribution in [0.2, 0.25) is 0 Å². The Labute approximate surface area is 153 Å². The summed E-state index contributed by atoms with van der Waals surface area (Å²) in [6.07, 6.45) is 1.47. The molecule has 26 heavy (non-hydrogen) atoms. The largest absolute Gasteiger partial charge is 0.392 e. The van der Waals surface area contributed by atoms with Gasteiger partial charge in [0.05, 0.1) is 18.1 Å². The Kier molecular flexibility index (Phi) is 2.59. The molecule has 7 rings (SSSR count). The van der Waals surface area contributed by atoms with Crippen molar-refractivity contribution in [3.63, 3.8) is 0 Å². The second kappa shape index (κ2) is 4.14. The fourth-order valence-corrected chi connectivity index (χ4v) is 8.98. The molecule has 0 amide bonds. The molecule has 5 saturated carbocycles. The van der Waals surface area contributed by atoms with Crippen molar-refractivity contribution in [3.8, 4) is 0 Å². The number of carbonyl (C=O) groups is 1. The van der Waals surface area contributed by atoms with Gasteiger partial charge in [-0.15, -0.1) is 0 Å². The Bertz CT molecular complexity index is 760. The molecular formula is C21H28O5. The van der Waals surface area contributed by atoms with Crippen molar-refractivity contribution >= 4 is 5.78 Å². The third kappa shape index (κ3) is 1.19. The quantitative estimate of drug-likeness (QED) is 0.566. The summed E-state index contributed by atoms with van der Waals surface area (Å²) in [6.45, 7) is 8.59. The van der Waals surface area contributed by atoms with Crippen LogP contribution in [-0.2, 0) is 9.53 Å². The predicted octanol–water partition coefficient (Wildman–Crippen LogP) is 1.26. The van der Waals surface area contributed by atoms with Crippen molar-refractivity contribution in [2.24, 2.45) is 45.8 Å². The minimum atomic E-state index is -1.82. The van der Waals surface area contributed by atoms with E-state index in [9.17, 15) is 20.1 Å². The molecule has 0 radical (unpaired) electrons. The molecule has 7 aliphatic rings. The van der Waals surface area contributed by atoms with Gasteiger partial charge in [-0.1, -0.05) is 26.0 Å². The number of allylic oxidation sites excluding steroid dienone is 1. The number of fused-ring (bicyclic) bond motifs is 1. The van der Waals surface area contributed by atoms with Crippen LogP contribution in [0.4, 0.5) is 0 Å². The van der Waals surface area contributed by atoms with Crippen LogP contribution in [0, 0.1) is 45.8 Å². The van der Waals surface area contributed by atoms with E-state index in [0.29, 0.717) is 6.42 Å². The Morgan fingerprint density at radius 3 is 2.65 bits per heavy atom. The maximum absolute atomic E-state index is 13.4. The first-order valence-corrected chi connectivity index (χ1v) is 10.1. The van der Waals surface area contributed by atoms with Gasteiger partial charge < -0.3 is 20.1 Å². The zero-order valence-electron chi connectivity index (χ0n) is 15.4. The zero-order valence-corrected chi connectivity index (χ0v) is 15.4. The van der Waals surface area contributed by atoms with Crippen molar-refractivity contribution in [3.05, 3.63) is 12.2 Å². The summed E-state index contributed by atoms with van der Waals surface area (Å²) in [5.41, 5.74) is -0.912. The highest BCUT2D eigenvalue weighted by atomic mass is 16.6. The molecule has 2 aliphatic heterocycles. The number of hydrogen-bond donors (Lipinski definition) is 3. The monoisotopic (exact) mass is 360 g/mol. The lowest BCUT2D eigenvalue weighted by molar-refractivity contribution is -0.475. The average molecular weight is 360 g/mol. The number of ketones is 1. The first-order valence-electron chi connectivity index (χ1n) is 10.1. The molecule has 0 aromatic rings. The van der Waals surface area contributed by atoms with E-state index in [1.807, 2.05) is 0 Å². The first-order chi connectivity index (χ1) is 12.2. The van der Waals surface area contributed by atoms with Crippen LogP contribution in [0.15, 0.2) is 12.2 Å². The topological polar surface area (TPSA) is 87.0 Å². The number of rotatable bonds is 0. The highest BCUT2D eigenvalue weighted by Gasteiger charge is 2.91. The fraction of sp³-hybridized carbons (Fsp3) is 0.857. The third-order valence-electron chi connectivity index (χ3n) is 9.80. The summed E-state index contributed by atoms with van der Waals surface area (Å²) in [7, 11) is 0. The van der Waals surface area contributed by atoms with E-state index in [4.69, 9.17) is 4.74 Å². The summed E-state index contributed by atoms with van der Waals surface area (Å²) in [4.78, 5) is 13.4. The highest BCUT2D eigenvalue weighted by molar-refractivity contribution is 6.01. The molecule has 5 nitrogen and oxygen atoms in total. The van der Waals surface area contributed by atoms with Crippen molar-refractivity contribution in [1.29, 1.82) is 0 Å². The molecular weight excluding hydrogens is 332 g/mol. The zero-order chi connectivity index (χ0) is 18.4. The van der Waals surface area contributed by atoms with Gasteiger partial charge >= 0.3 is 0 Å². The summed E-state index contributed by atoms with van der Waals surface area (Å²) in [5, 5.41) is 34.3. The summed E-state index contributed by atoms with van der Waals surface area (Å²) in [5.74, 6) is -2.10. The maximum Gasteiger partial charge on any atom is 0.205 e. The van der Waals surface area contributed by atoms with Crippen LogP contribution in [0.25, 0.3) is 0 Å². The molecule has 1 unspecified atom stereocenters. The number of carbonyl (C=O) groups excluding carboxylic acids is 1. The van der Waals surface area contributed by atoms with Gasteiger partial charge in [0, 0.05) is 17.3 Å². The highest BCUT2D eigenvalue weighted by Crippen LogP contribution is 2.83. The normalized spacial score (nSPS) is 64.0. The van der Waals surface area contributed by atoms with Gasteiger partial charge in [-0.3, -0.25) is 4.79 Å². The van der Waals surface area contributed by atoms with E-state index < -0.39 is 28.8 Å². The second-order valence-electron chi connectivity index (χ2n) is 10.6. The van der Waals surface area contributed by atoms with Crippen LogP contribution in [0.1, 0.15) is 39.5 Å². The Morgan fingerprint density at radius 1 is 1.19 bits per heavy atom. The van der Waals surface area contributed by atoms with E-state index in [1.165, 1.54) is 0 Å². The minimum absolute atomic E-state index is 0.00287. The van der Waals surface area contributed by atoms with Gasteiger partial charge in [-0.25, -0.2) is 0 Å². The summed E-state index contributed by atoms with van der Waals surface area (Å²) < 4.78 is 5.96. The van der Waals surface area contributed by atoms with Gasteiger partial charge in [0.1, 0.15) is 6.10 Å². The Morgan fingerprint density at radius 2 is 1.92 bits per heavy atom. The van der Waals surface area contributed by atoms with Crippen LogP contribution < -0.4 is 0 Å². The van der Waals surface area contributed by atoms with E-state index >= 15 is 0 Å². The van der Waals surface area contributed by atoms with Gasteiger partial charge in [0.15, 0.2) is 5.78 Å². The smallest absolute Gasteiger partial charge is 0.205 e. The van der Waals surface area contributed by atoms with Crippen LogP contribution in [-0.4, -0.2) is 45.7 Å². The SMILES string of the molecule is C=C1C2C(=O)[C@]34[C@H]2[C@H]1CC[C@H]3[C@@]12CO[C@]4(O)[C@@H](O)[C@@H]1C(C)(C)CC[C@@H]2O. The van der Waals surface area contributed by atoms with Crippen molar-refractivity contribution in [1.82, 2.24) is 0 Å². The maximum atomic E-state index is 13.4. The van der Waals surface area contributed by atoms with Crippen molar-refractivity contribution < 1.29 is 24.9 Å². The van der Waals surface area contributed by atoms with E-state index in [1.54, 1.807) is 0 Å². The van der Waals surface area contributed by atoms with Crippen LogP contribution >= 0.6 is 0 Å². The van der Waals surface area contributed by atoms with Crippen LogP contribution in [0.3, 0.4) is 0 Å². The minimum Gasteiger partial charge on any atom is -0.392 e. The van der Waals surface area contributed by atoms with Crippen molar-refractivity contribution in [2.45, 2.75) is 57.5 Å². The molecule has 2 bridgehead atoms. The Balaban J connectivity index is 1.61. The van der Waals surface area contributed by atoms with E-state index in [0.717, 1.165) is 24.8 Å². The van der Waals surface area contributed by atoms with Crippen molar-refractivity contribution in [2.75, 3.05) is 6.61 Å². The third-order valence-corrected chi connectivity index (χ3v) is 9.80.